The molecule has 1 aromatic carbocycles. The van der Waals surface area contributed by atoms with E-state index < -0.39 is 10.0 Å². The summed E-state index contributed by atoms with van der Waals surface area (Å²) in [5.41, 5.74) is 2.08. The molecule has 1 aliphatic heterocycles. The number of hydrogen-bond donors (Lipinski definition) is 1. The molecule has 2 aromatic heterocycles. The summed E-state index contributed by atoms with van der Waals surface area (Å²) < 4.78 is 26.5. The van der Waals surface area contributed by atoms with Crippen molar-refractivity contribution in [2.24, 2.45) is 0 Å². The van der Waals surface area contributed by atoms with Crippen LogP contribution in [0.1, 0.15) is 5.56 Å². The molecule has 1 N–H and O–H groups in total. The number of carbonyl (C=O) groups excluding carboxylic acids is 1. The van der Waals surface area contributed by atoms with Crippen LogP contribution in [0.5, 0.6) is 0 Å². The summed E-state index contributed by atoms with van der Waals surface area (Å²) in [5, 5.41) is 2.32. The first kappa shape index (κ1) is 21.8. The second-order valence-electron chi connectivity index (χ2n) is 6.89. The number of pyridine rings is 1. The van der Waals surface area contributed by atoms with Crippen LogP contribution in [0.25, 0.3) is 17.2 Å². The van der Waals surface area contributed by atoms with E-state index in [0.717, 1.165) is 5.56 Å². The third-order valence-corrected chi connectivity index (χ3v) is 7.43. The molecule has 31 heavy (non-hydrogen) atoms. The van der Waals surface area contributed by atoms with Crippen molar-refractivity contribution >= 4 is 56.5 Å². The highest BCUT2D eigenvalue weighted by Crippen LogP contribution is 2.21. The lowest BCUT2D eigenvalue weighted by Crippen LogP contribution is -2.50. The van der Waals surface area contributed by atoms with Crippen LogP contribution in [0.4, 0.5) is 0 Å². The van der Waals surface area contributed by atoms with E-state index in [9.17, 15) is 13.2 Å². The van der Waals surface area contributed by atoms with E-state index in [1.54, 1.807) is 17.0 Å². The second-order valence-corrected chi connectivity index (χ2v) is 10.1. The number of H-pyrrole nitrogens is 1. The lowest BCUT2D eigenvalue weighted by molar-refractivity contribution is -0.129. The maximum Gasteiger partial charge on any atom is 0.236 e. The molecule has 0 bridgehead atoms. The summed E-state index contributed by atoms with van der Waals surface area (Å²) in [7, 11) is -3.53. The monoisotopic (exact) mass is 477 g/mol. The minimum Gasteiger partial charge on any atom is -0.339 e. The van der Waals surface area contributed by atoms with E-state index in [4.69, 9.17) is 11.6 Å². The first-order chi connectivity index (χ1) is 14.9. The second kappa shape index (κ2) is 9.39. The standard InChI is InChI=1S/C20H20ClN5O3S2/c21-16-12-17-19(22-13-16)24-20(23-17)30-14-18(27)25-7-9-26(10-8-25)31(28,29)11-6-15-4-2-1-3-5-15/h1-6,11-13H,7-10,14H2,(H,22,23,24). The summed E-state index contributed by atoms with van der Waals surface area (Å²) in [6.45, 7) is 1.25. The molecule has 3 aromatic rings. The molecule has 1 aliphatic rings. The predicted molar refractivity (Wildman–Crippen MR) is 122 cm³/mol. The predicted octanol–water partition coefficient (Wildman–Crippen LogP) is 2.85. The number of benzene rings is 1. The van der Waals surface area contributed by atoms with E-state index >= 15 is 0 Å². The zero-order chi connectivity index (χ0) is 21.8. The number of amides is 1. The van der Waals surface area contributed by atoms with Crippen LogP contribution in [0, 0.1) is 0 Å². The van der Waals surface area contributed by atoms with Crippen molar-refractivity contribution in [1.82, 2.24) is 24.2 Å². The Bertz CT molecular complexity index is 1210. The first-order valence-electron chi connectivity index (χ1n) is 9.56. The van der Waals surface area contributed by atoms with Crippen LogP contribution in [-0.4, -0.2) is 70.4 Å². The average Bonchev–Trinajstić information content (AvgIpc) is 3.19. The number of aromatic nitrogens is 3. The summed E-state index contributed by atoms with van der Waals surface area (Å²) in [4.78, 5) is 25.8. The van der Waals surface area contributed by atoms with Gasteiger partial charge in [0.15, 0.2) is 10.8 Å². The minimum atomic E-state index is -3.53. The Balaban J connectivity index is 1.29. The minimum absolute atomic E-state index is 0.0617. The average molecular weight is 478 g/mol. The van der Waals surface area contributed by atoms with Crippen molar-refractivity contribution in [2.45, 2.75) is 5.16 Å². The van der Waals surface area contributed by atoms with Gasteiger partial charge in [0.1, 0.15) is 0 Å². The SMILES string of the molecule is O=C(CSc1nc2ncc(Cl)cc2[nH]1)N1CCN(S(=O)(=O)C=Cc2ccccc2)CC1. The third-order valence-electron chi connectivity index (χ3n) is 4.80. The smallest absolute Gasteiger partial charge is 0.236 e. The van der Waals surface area contributed by atoms with Crippen molar-refractivity contribution in [1.29, 1.82) is 0 Å². The molecule has 0 unspecified atom stereocenters. The molecule has 0 radical (unpaired) electrons. The highest BCUT2D eigenvalue weighted by Gasteiger charge is 2.27. The zero-order valence-electron chi connectivity index (χ0n) is 16.4. The fourth-order valence-corrected chi connectivity index (χ4v) is 5.26. The van der Waals surface area contributed by atoms with Crippen LogP contribution in [-0.2, 0) is 14.8 Å². The Morgan fingerprint density at radius 1 is 1.19 bits per heavy atom. The molecule has 0 aliphatic carbocycles. The molecule has 1 amide bonds. The van der Waals surface area contributed by atoms with E-state index in [1.165, 1.54) is 27.7 Å². The van der Waals surface area contributed by atoms with Gasteiger partial charge in [0.2, 0.25) is 15.9 Å². The Morgan fingerprint density at radius 2 is 1.94 bits per heavy atom. The number of halogens is 1. The number of nitrogens with one attached hydrogen (secondary N) is 1. The number of thioether (sulfide) groups is 1. The molecule has 1 saturated heterocycles. The van der Waals surface area contributed by atoms with Crippen molar-refractivity contribution in [3.63, 3.8) is 0 Å². The number of sulfonamides is 1. The molecular weight excluding hydrogens is 458 g/mol. The fourth-order valence-electron chi connectivity index (χ4n) is 3.15. The Kier molecular flexibility index (Phi) is 6.61. The highest BCUT2D eigenvalue weighted by atomic mass is 35.5. The number of carbonyl (C=O) groups is 1. The van der Waals surface area contributed by atoms with Crippen molar-refractivity contribution in [3.05, 3.63) is 58.6 Å². The molecule has 162 valence electrons. The number of hydrogen-bond acceptors (Lipinski definition) is 6. The van der Waals surface area contributed by atoms with Gasteiger partial charge in [-0.15, -0.1) is 0 Å². The van der Waals surface area contributed by atoms with Gasteiger partial charge in [-0.1, -0.05) is 53.7 Å². The van der Waals surface area contributed by atoms with Gasteiger partial charge < -0.3 is 9.88 Å². The number of piperazine rings is 1. The topological polar surface area (TPSA) is 99.3 Å². The van der Waals surface area contributed by atoms with Gasteiger partial charge in [-0.3, -0.25) is 4.79 Å². The maximum atomic E-state index is 12.6. The van der Waals surface area contributed by atoms with Gasteiger partial charge in [-0.2, -0.15) is 4.31 Å². The van der Waals surface area contributed by atoms with Gasteiger partial charge >= 0.3 is 0 Å². The molecule has 3 heterocycles. The van der Waals surface area contributed by atoms with E-state index in [0.29, 0.717) is 34.4 Å². The number of fused-ring (bicyclic) bond motifs is 1. The van der Waals surface area contributed by atoms with Crippen molar-refractivity contribution < 1.29 is 13.2 Å². The molecule has 8 nitrogen and oxygen atoms in total. The summed E-state index contributed by atoms with van der Waals surface area (Å²) in [6.07, 6.45) is 3.10. The van der Waals surface area contributed by atoms with E-state index in [2.05, 4.69) is 15.0 Å². The highest BCUT2D eigenvalue weighted by molar-refractivity contribution is 7.99. The normalized spacial score (nSPS) is 15.7. The van der Waals surface area contributed by atoms with Crippen LogP contribution in [0.15, 0.2) is 53.2 Å². The molecule has 4 rings (SSSR count). The van der Waals surface area contributed by atoms with Crippen molar-refractivity contribution in [3.8, 4) is 0 Å². The van der Waals surface area contributed by atoms with Gasteiger partial charge in [0.05, 0.1) is 16.3 Å². The molecule has 1 fully saturated rings. The lowest BCUT2D eigenvalue weighted by atomic mass is 10.2. The molecule has 0 spiro atoms. The molecule has 11 heteroatoms. The summed E-state index contributed by atoms with van der Waals surface area (Å²) >= 11 is 7.20. The molecule has 0 saturated carbocycles. The Hall–Kier alpha value is -2.40. The zero-order valence-corrected chi connectivity index (χ0v) is 18.8. The van der Waals surface area contributed by atoms with Gasteiger partial charge in [-0.05, 0) is 17.7 Å². The van der Waals surface area contributed by atoms with E-state index in [1.807, 2.05) is 30.3 Å². The fraction of sp³-hybridized carbons (Fsp3) is 0.250. The number of imidazole rings is 1. The summed E-state index contributed by atoms with van der Waals surface area (Å²) in [6, 6.07) is 11.0. The first-order valence-corrected chi connectivity index (χ1v) is 12.4. The Morgan fingerprint density at radius 3 is 2.68 bits per heavy atom. The summed E-state index contributed by atoms with van der Waals surface area (Å²) in [5.74, 6) is 0.141. The Labute approximate surface area is 189 Å². The molecule has 0 atom stereocenters. The third kappa shape index (κ3) is 5.45. The van der Waals surface area contributed by atoms with Crippen LogP contribution >= 0.6 is 23.4 Å². The van der Waals surface area contributed by atoms with Crippen molar-refractivity contribution in [2.75, 3.05) is 31.9 Å². The maximum absolute atomic E-state index is 12.6. The van der Waals surface area contributed by atoms with Crippen LogP contribution < -0.4 is 0 Å². The van der Waals surface area contributed by atoms with Gasteiger partial charge in [-0.25, -0.2) is 18.4 Å². The van der Waals surface area contributed by atoms with Crippen LogP contribution in [0.3, 0.4) is 0 Å². The number of rotatable bonds is 6. The number of aromatic amines is 1. The van der Waals surface area contributed by atoms with E-state index in [-0.39, 0.29) is 24.7 Å². The van der Waals surface area contributed by atoms with Gasteiger partial charge in [0.25, 0.3) is 0 Å². The quantitative estimate of drug-likeness (QED) is 0.548. The molecular formula is C20H20ClN5O3S2. The largest absolute Gasteiger partial charge is 0.339 e. The number of nitrogens with zero attached hydrogens (tertiary/aromatic N) is 4. The lowest BCUT2D eigenvalue weighted by Gasteiger charge is -2.33. The van der Waals surface area contributed by atoms with Crippen LogP contribution in [0.2, 0.25) is 5.02 Å². The van der Waals surface area contributed by atoms with Gasteiger partial charge in [0, 0.05) is 37.8 Å².